The monoisotopic (exact) mass is 1920 g/mol. The molecule has 0 heterocycles. The van der Waals surface area contributed by atoms with Crippen LogP contribution < -0.4 is 0 Å². The molecule has 720 valence electrons. The lowest BCUT2D eigenvalue weighted by Crippen LogP contribution is -1.89. The summed E-state index contributed by atoms with van der Waals surface area (Å²) >= 11 is 0. The van der Waals surface area contributed by atoms with Crippen molar-refractivity contribution in [1.82, 2.24) is 0 Å². The summed E-state index contributed by atoms with van der Waals surface area (Å²) in [4.78, 5) is 0. The Hall–Kier alpha value is -18.7. The van der Waals surface area contributed by atoms with E-state index in [1.54, 1.807) is 0 Å². The minimum absolute atomic E-state index is 1.25. The average molecular weight is 1920 g/mol. The molecule has 0 aliphatic heterocycles. The molecular weight excluding hydrogens is 1800 g/mol. The van der Waals surface area contributed by atoms with Crippen LogP contribution in [0.15, 0.2) is 619 Å². The van der Waals surface area contributed by atoms with E-state index >= 15 is 0 Å². The molecule has 0 spiro atoms. The highest BCUT2D eigenvalue weighted by atomic mass is 14.2. The Kier molecular flexibility index (Phi) is 33.1. The Labute approximate surface area is 887 Å². The minimum Gasteiger partial charge on any atom is -0.0622 e. The van der Waals surface area contributed by atoms with E-state index in [-0.39, 0.29) is 0 Å². The number of benzene rings is 24. The molecule has 0 saturated carbocycles. The molecule has 0 radical (unpaired) electrons. The van der Waals surface area contributed by atoms with Gasteiger partial charge in [-0.2, -0.15) is 0 Å². The van der Waals surface area contributed by atoms with Crippen molar-refractivity contribution >= 4 is 0 Å². The minimum atomic E-state index is 1.25. The van der Waals surface area contributed by atoms with E-state index in [9.17, 15) is 0 Å². The van der Waals surface area contributed by atoms with Gasteiger partial charge in [-0.3, -0.25) is 0 Å². The highest BCUT2D eigenvalue weighted by Gasteiger charge is 2.18. The van der Waals surface area contributed by atoms with Crippen molar-refractivity contribution < 1.29 is 0 Å². The van der Waals surface area contributed by atoms with Gasteiger partial charge in [-0.1, -0.05) is 635 Å². The molecule has 0 heteroatoms. The molecule has 0 atom stereocenters. The molecule has 24 aromatic rings. The van der Waals surface area contributed by atoms with Crippen molar-refractivity contribution in [1.29, 1.82) is 0 Å². The SMILES string of the molecule is Cc1ccc(-c2ccc(-c3ccccc3)cc2)c(-c2ccccc2)c1.Cc1ccc(-c2ccccc2)c(-c2ccc(-c3ccccc3)cc2)c1.Cc1ccc(-c2ccccc2-c2ccc(-c3ccccc3)cc2)cc1.Cc1cccc(-c2ccc(-c3ccccc3)cc2)c1-c1ccccc1.Cc1cccc(-c2ccccc2)c1-c1ccc(-c2ccccc2)cc1.Cc1ccccc1-c1ccc(-c2ccccc2-c2ccccc2)cc1. The first-order chi connectivity index (χ1) is 73.9. The quantitative estimate of drug-likeness (QED) is 0.0803. The molecule has 0 aliphatic rings. The van der Waals surface area contributed by atoms with Gasteiger partial charge in [-0.25, -0.2) is 0 Å². The number of aryl methyl sites for hydroxylation is 6. The van der Waals surface area contributed by atoms with E-state index in [2.05, 4.69) is 660 Å². The van der Waals surface area contributed by atoms with Crippen LogP contribution in [0, 0.1) is 41.5 Å². The van der Waals surface area contributed by atoms with Crippen molar-refractivity contribution in [3.05, 3.63) is 652 Å². The lowest BCUT2D eigenvalue weighted by molar-refractivity contribution is 1.45. The second-order valence-corrected chi connectivity index (χ2v) is 38.0. The molecular formula is C150H120. The molecule has 24 rings (SSSR count). The third-order valence-corrected chi connectivity index (χ3v) is 27.7. The summed E-state index contributed by atoms with van der Waals surface area (Å²) in [5, 5.41) is 0. The van der Waals surface area contributed by atoms with Gasteiger partial charge >= 0.3 is 0 Å². The van der Waals surface area contributed by atoms with E-state index in [0.717, 1.165) is 0 Å². The fourth-order valence-electron chi connectivity index (χ4n) is 19.7. The van der Waals surface area contributed by atoms with E-state index in [1.807, 2.05) is 0 Å². The average Bonchev–Trinajstić information content (AvgIpc) is 0.805. The van der Waals surface area contributed by atoms with Crippen LogP contribution in [0.4, 0.5) is 0 Å². The fraction of sp³-hybridized carbons (Fsp3) is 0.0400. The predicted octanol–water partition coefficient (Wildman–Crippen LogP) is 42.0. The molecule has 0 bridgehead atoms. The van der Waals surface area contributed by atoms with Gasteiger partial charge in [0.15, 0.2) is 0 Å². The molecule has 150 heavy (non-hydrogen) atoms. The normalized spacial score (nSPS) is 10.6. The van der Waals surface area contributed by atoms with E-state index < -0.39 is 0 Å². The summed E-state index contributed by atoms with van der Waals surface area (Å²) in [5.41, 5.74) is 53.3. The predicted molar refractivity (Wildman–Crippen MR) is 645 cm³/mol. The zero-order valence-electron chi connectivity index (χ0n) is 85.9. The molecule has 0 N–H and O–H groups in total. The Morgan fingerprint density at radius 3 is 0.500 bits per heavy atom. The van der Waals surface area contributed by atoms with Gasteiger partial charge < -0.3 is 0 Å². The summed E-state index contributed by atoms with van der Waals surface area (Å²) in [6.45, 7) is 13.0. The summed E-state index contributed by atoms with van der Waals surface area (Å²) in [6.07, 6.45) is 0. The highest BCUT2D eigenvalue weighted by Crippen LogP contribution is 2.43. The lowest BCUT2D eigenvalue weighted by atomic mass is 9.90. The van der Waals surface area contributed by atoms with E-state index in [1.165, 1.54) is 234 Å². The maximum atomic E-state index is 2.28. The van der Waals surface area contributed by atoms with Gasteiger partial charge in [0.05, 0.1) is 0 Å². The molecule has 0 aliphatic carbocycles. The Morgan fingerprint density at radius 2 is 0.227 bits per heavy atom. The van der Waals surface area contributed by atoms with E-state index in [0.29, 0.717) is 0 Å². The van der Waals surface area contributed by atoms with Gasteiger partial charge in [0.25, 0.3) is 0 Å². The fourth-order valence-corrected chi connectivity index (χ4v) is 19.7. The van der Waals surface area contributed by atoms with Crippen LogP contribution in [-0.2, 0) is 0 Å². The topological polar surface area (TPSA) is 0 Å². The van der Waals surface area contributed by atoms with Crippen LogP contribution in [0.1, 0.15) is 33.4 Å². The van der Waals surface area contributed by atoms with Crippen molar-refractivity contribution in [2.45, 2.75) is 41.5 Å². The molecule has 0 fully saturated rings. The van der Waals surface area contributed by atoms with Gasteiger partial charge in [0.2, 0.25) is 0 Å². The van der Waals surface area contributed by atoms with Crippen LogP contribution in [0.2, 0.25) is 0 Å². The summed E-state index contributed by atoms with van der Waals surface area (Å²) in [5.74, 6) is 0. The molecule has 24 aromatic carbocycles. The third-order valence-electron chi connectivity index (χ3n) is 27.7. The van der Waals surface area contributed by atoms with Crippen molar-refractivity contribution in [3.63, 3.8) is 0 Å². The molecule has 0 saturated heterocycles. The van der Waals surface area contributed by atoms with Gasteiger partial charge in [-0.05, 0) is 259 Å². The molecule has 0 amide bonds. The largest absolute Gasteiger partial charge is 0.0622 e. The smallest absolute Gasteiger partial charge is 0.00761 e. The van der Waals surface area contributed by atoms with Crippen LogP contribution >= 0.6 is 0 Å². The third kappa shape index (κ3) is 25.2. The lowest BCUT2D eigenvalue weighted by Gasteiger charge is -2.14. The van der Waals surface area contributed by atoms with Gasteiger partial charge in [0.1, 0.15) is 0 Å². The second-order valence-electron chi connectivity index (χ2n) is 38.0. The van der Waals surface area contributed by atoms with Crippen LogP contribution in [0.25, 0.3) is 200 Å². The maximum absolute atomic E-state index is 2.28. The second kappa shape index (κ2) is 49.7. The standard InChI is InChI=1S/6C25H20/c1-19-9-8-14-24(25(19)23-12-6-3-7-13-23)22-17-15-21(16-18-22)20-10-4-2-5-11-20;1-19-9-8-14-24(22-12-6-3-7-13-22)25(19)23-17-15-21(16-18-23)20-10-4-2-5-11-20;1-19-12-17-24(25(18-19)22-10-6-3-7-11-22)23-15-13-21(14-16-23)20-8-4-2-5-9-20;1-19-12-17-24(22-10-6-3-7-11-22)25(18-19)23-15-13-21(14-16-23)20-8-4-2-5-9-20;1-19-9-5-6-12-23(19)21-15-17-22(18-16-21)25-14-8-7-13-24(25)20-10-3-2-4-11-20;1-19-11-13-22(14-12-19)24-9-5-6-10-25(24)23-17-15-21(16-18-23)20-7-3-2-4-8-20/h6*2-18H,1H3. The number of hydrogen-bond acceptors (Lipinski definition) is 0. The van der Waals surface area contributed by atoms with Crippen LogP contribution in [0.5, 0.6) is 0 Å². The molecule has 0 aromatic heterocycles. The van der Waals surface area contributed by atoms with Crippen LogP contribution in [-0.4, -0.2) is 0 Å². The molecule has 0 unspecified atom stereocenters. The summed E-state index contributed by atoms with van der Waals surface area (Å²) in [7, 11) is 0. The zero-order chi connectivity index (χ0) is 102. The summed E-state index contributed by atoms with van der Waals surface area (Å²) < 4.78 is 0. The van der Waals surface area contributed by atoms with E-state index in [4.69, 9.17) is 0 Å². The highest BCUT2D eigenvalue weighted by molar-refractivity contribution is 5.92. The van der Waals surface area contributed by atoms with Gasteiger partial charge in [0, 0.05) is 0 Å². The number of rotatable bonds is 18. The molecule has 0 nitrogen and oxygen atoms in total. The first kappa shape index (κ1) is 100.0. The van der Waals surface area contributed by atoms with Crippen molar-refractivity contribution in [3.8, 4) is 200 Å². The Bertz CT molecular complexity index is 8290. The summed E-state index contributed by atoms with van der Waals surface area (Å²) in [6, 6.07) is 220. The Morgan fingerprint density at radius 1 is 0.0800 bits per heavy atom. The Balaban J connectivity index is 0.000000113. The van der Waals surface area contributed by atoms with Crippen molar-refractivity contribution in [2.24, 2.45) is 0 Å². The van der Waals surface area contributed by atoms with Crippen molar-refractivity contribution in [2.75, 3.05) is 0 Å². The van der Waals surface area contributed by atoms with Crippen LogP contribution in [0.3, 0.4) is 0 Å². The maximum Gasteiger partial charge on any atom is -0.00761 e. The van der Waals surface area contributed by atoms with Gasteiger partial charge in [-0.15, -0.1) is 0 Å². The number of hydrogen-bond donors (Lipinski definition) is 0. The first-order valence-corrected chi connectivity index (χ1v) is 51.8. The zero-order valence-corrected chi connectivity index (χ0v) is 85.9. The first-order valence-electron chi connectivity index (χ1n) is 51.8.